The Balaban J connectivity index is 1.48. The van der Waals surface area contributed by atoms with Crippen molar-refractivity contribution in [1.29, 1.82) is 0 Å². The highest BCUT2D eigenvalue weighted by Gasteiger charge is 2.23. The van der Waals surface area contributed by atoms with Crippen molar-refractivity contribution < 1.29 is 9.53 Å². The molecule has 2 aliphatic rings. The molecule has 2 fully saturated rings. The van der Waals surface area contributed by atoms with Gasteiger partial charge in [0.05, 0.1) is 19.3 Å². The van der Waals surface area contributed by atoms with Gasteiger partial charge in [-0.1, -0.05) is 25.3 Å². The van der Waals surface area contributed by atoms with E-state index < -0.39 is 0 Å². The molecule has 0 radical (unpaired) electrons. The monoisotopic (exact) mass is 374 g/mol. The number of likely N-dealkylation sites (tertiary alicyclic amines) is 1. The molecule has 0 aromatic carbocycles. The number of hydrogen-bond donors (Lipinski definition) is 1. The molecule has 0 saturated carbocycles. The molecular weight excluding hydrogens is 340 g/mol. The van der Waals surface area contributed by atoms with Crippen LogP contribution in [0.15, 0.2) is 24.5 Å². The van der Waals surface area contributed by atoms with Crippen LogP contribution in [0.3, 0.4) is 0 Å². The third-order valence-corrected chi connectivity index (χ3v) is 5.65. The van der Waals surface area contributed by atoms with E-state index in [2.05, 4.69) is 26.2 Å². The first-order valence-corrected chi connectivity index (χ1v) is 10.5. The Morgan fingerprint density at radius 1 is 1.11 bits per heavy atom. The minimum atomic E-state index is 0.152. The highest BCUT2D eigenvalue weighted by molar-refractivity contribution is 5.76. The zero-order valence-electron chi connectivity index (χ0n) is 16.4. The molecule has 0 unspecified atom stereocenters. The molecule has 3 rings (SSSR count). The van der Waals surface area contributed by atoms with Gasteiger partial charge in [0.25, 0.3) is 0 Å². The molecule has 6 nitrogen and oxygen atoms in total. The van der Waals surface area contributed by atoms with Crippen molar-refractivity contribution in [2.75, 3.05) is 52.5 Å². The van der Waals surface area contributed by atoms with Gasteiger partial charge in [-0.3, -0.25) is 14.7 Å². The number of carbonyl (C=O) groups excluding carboxylic acids is 1. The molecule has 0 spiro atoms. The number of morpholine rings is 1. The quantitative estimate of drug-likeness (QED) is 0.793. The first kappa shape index (κ1) is 20.2. The Morgan fingerprint density at radius 3 is 2.56 bits per heavy atom. The Hall–Kier alpha value is -1.50. The summed E-state index contributed by atoms with van der Waals surface area (Å²) in [6.45, 7) is 7.07. The fourth-order valence-corrected chi connectivity index (χ4v) is 4.02. The van der Waals surface area contributed by atoms with Crippen LogP contribution in [0.1, 0.15) is 50.1 Å². The van der Waals surface area contributed by atoms with E-state index in [1.54, 1.807) is 6.20 Å². The number of amides is 1. The van der Waals surface area contributed by atoms with Crippen LogP contribution < -0.4 is 5.32 Å². The van der Waals surface area contributed by atoms with Crippen LogP contribution in [0.2, 0.25) is 0 Å². The lowest BCUT2D eigenvalue weighted by Crippen LogP contribution is -2.44. The number of hydrogen-bond acceptors (Lipinski definition) is 5. The van der Waals surface area contributed by atoms with Gasteiger partial charge in [-0.05, 0) is 37.6 Å². The van der Waals surface area contributed by atoms with Crippen molar-refractivity contribution >= 4 is 5.91 Å². The molecule has 1 atom stereocenters. The lowest BCUT2D eigenvalue weighted by atomic mass is 10.1. The number of nitrogens with zero attached hydrogens (tertiary/aromatic N) is 3. The van der Waals surface area contributed by atoms with E-state index in [0.717, 1.165) is 51.5 Å². The predicted molar refractivity (Wildman–Crippen MR) is 107 cm³/mol. The molecular formula is C21H34N4O2. The summed E-state index contributed by atoms with van der Waals surface area (Å²) in [7, 11) is 0. The van der Waals surface area contributed by atoms with E-state index in [9.17, 15) is 4.79 Å². The molecule has 1 aromatic heterocycles. The number of rotatable bonds is 7. The molecule has 1 amide bonds. The van der Waals surface area contributed by atoms with Crippen molar-refractivity contribution in [2.45, 2.75) is 44.6 Å². The summed E-state index contributed by atoms with van der Waals surface area (Å²) in [5, 5.41) is 3.17. The van der Waals surface area contributed by atoms with Crippen molar-refractivity contribution in [3.63, 3.8) is 0 Å². The van der Waals surface area contributed by atoms with E-state index in [4.69, 9.17) is 4.74 Å². The van der Waals surface area contributed by atoms with Crippen LogP contribution in [0, 0.1) is 0 Å². The number of nitrogens with one attached hydrogen (secondary N) is 1. The second-order valence-corrected chi connectivity index (χ2v) is 7.61. The van der Waals surface area contributed by atoms with Crippen molar-refractivity contribution in [3.05, 3.63) is 30.1 Å². The highest BCUT2D eigenvalue weighted by Crippen LogP contribution is 2.20. The van der Waals surface area contributed by atoms with Crippen LogP contribution in [0.25, 0.3) is 0 Å². The van der Waals surface area contributed by atoms with E-state index in [0.29, 0.717) is 13.0 Å². The smallest absolute Gasteiger partial charge is 0.221 e. The number of aromatic nitrogens is 1. The second-order valence-electron chi connectivity index (χ2n) is 7.61. The average Bonchev–Trinajstić information content (AvgIpc) is 2.69. The average molecular weight is 375 g/mol. The number of ether oxygens (including phenoxy) is 1. The molecule has 1 N–H and O–H groups in total. The normalized spacial score (nSPS) is 21.2. The summed E-state index contributed by atoms with van der Waals surface area (Å²) in [6.07, 6.45) is 10.8. The molecule has 150 valence electrons. The predicted octanol–water partition coefficient (Wildman–Crippen LogP) is 2.23. The summed E-state index contributed by atoms with van der Waals surface area (Å²) in [4.78, 5) is 21.6. The molecule has 2 aliphatic heterocycles. The van der Waals surface area contributed by atoms with Crippen LogP contribution in [-0.2, 0) is 9.53 Å². The third kappa shape index (κ3) is 6.87. The van der Waals surface area contributed by atoms with E-state index in [1.807, 2.05) is 12.3 Å². The summed E-state index contributed by atoms with van der Waals surface area (Å²) in [5.41, 5.74) is 1.16. The van der Waals surface area contributed by atoms with Gasteiger partial charge in [-0.2, -0.15) is 0 Å². The summed E-state index contributed by atoms with van der Waals surface area (Å²) in [5.74, 6) is 0.152. The van der Waals surface area contributed by atoms with Gasteiger partial charge in [0.1, 0.15) is 0 Å². The van der Waals surface area contributed by atoms with Gasteiger partial charge in [0.2, 0.25) is 5.91 Å². The van der Waals surface area contributed by atoms with Gasteiger partial charge in [-0.25, -0.2) is 0 Å². The lowest BCUT2D eigenvalue weighted by molar-refractivity contribution is -0.121. The number of carbonyl (C=O) groups is 1. The Morgan fingerprint density at radius 2 is 1.85 bits per heavy atom. The van der Waals surface area contributed by atoms with Gasteiger partial charge in [-0.15, -0.1) is 0 Å². The zero-order valence-corrected chi connectivity index (χ0v) is 16.4. The van der Waals surface area contributed by atoms with Gasteiger partial charge in [0.15, 0.2) is 0 Å². The maximum Gasteiger partial charge on any atom is 0.221 e. The SMILES string of the molecule is O=C(CCN1CCCCCCC1)NC[C@@H](c1cccnc1)N1CCOCC1. The van der Waals surface area contributed by atoms with Crippen molar-refractivity contribution in [1.82, 2.24) is 20.1 Å². The molecule has 27 heavy (non-hydrogen) atoms. The first-order chi connectivity index (χ1) is 13.3. The van der Waals surface area contributed by atoms with Crippen LogP contribution in [0.4, 0.5) is 0 Å². The Labute approximate surface area is 163 Å². The standard InChI is InChI=1S/C21H34N4O2/c26-21(8-12-24-10-4-2-1-3-5-11-24)23-18-20(19-7-6-9-22-17-19)25-13-15-27-16-14-25/h6-7,9,17,20H,1-5,8,10-16,18H2,(H,23,26)/t20-/m0/s1. The number of pyridine rings is 1. The maximum absolute atomic E-state index is 12.5. The fraction of sp³-hybridized carbons (Fsp3) is 0.714. The maximum atomic E-state index is 12.5. The Kier molecular flexibility index (Phi) is 8.52. The third-order valence-electron chi connectivity index (χ3n) is 5.65. The van der Waals surface area contributed by atoms with E-state index >= 15 is 0 Å². The zero-order chi connectivity index (χ0) is 18.7. The lowest BCUT2D eigenvalue weighted by Gasteiger charge is -2.34. The fourth-order valence-electron chi connectivity index (χ4n) is 4.02. The molecule has 0 aliphatic carbocycles. The molecule has 1 aromatic rings. The van der Waals surface area contributed by atoms with Gasteiger partial charge < -0.3 is 15.0 Å². The van der Waals surface area contributed by atoms with Crippen LogP contribution >= 0.6 is 0 Å². The minimum absolute atomic E-state index is 0.152. The van der Waals surface area contributed by atoms with E-state index in [1.165, 1.54) is 32.1 Å². The van der Waals surface area contributed by atoms with Crippen LogP contribution in [-0.4, -0.2) is 73.2 Å². The molecule has 0 bridgehead atoms. The summed E-state index contributed by atoms with van der Waals surface area (Å²) < 4.78 is 5.49. The highest BCUT2D eigenvalue weighted by atomic mass is 16.5. The minimum Gasteiger partial charge on any atom is -0.379 e. The van der Waals surface area contributed by atoms with Gasteiger partial charge >= 0.3 is 0 Å². The Bertz CT molecular complexity index is 540. The van der Waals surface area contributed by atoms with E-state index in [-0.39, 0.29) is 11.9 Å². The first-order valence-electron chi connectivity index (χ1n) is 10.5. The van der Waals surface area contributed by atoms with Crippen molar-refractivity contribution in [2.24, 2.45) is 0 Å². The molecule has 6 heteroatoms. The topological polar surface area (TPSA) is 57.7 Å². The molecule has 3 heterocycles. The van der Waals surface area contributed by atoms with Gasteiger partial charge in [0, 0.05) is 45.0 Å². The largest absolute Gasteiger partial charge is 0.379 e. The van der Waals surface area contributed by atoms with Crippen LogP contribution in [0.5, 0.6) is 0 Å². The second kappa shape index (κ2) is 11.4. The summed E-state index contributed by atoms with van der Waals surface area (Å²) >= 11 is 0. The summed E-state index contributed by atoms with van der Waals surface area (Å²) in [6, 6.07) is 4.22. The molecule has 2 saturated heterocycles. The van der Waals surface area contributed by atoms with Crippen molar-refractivity contribution in [3.8, 4) is 0 Å².